The molecule has 1 atom stereocenters. The van der Waals surface area contributed by atoms with Crippen LogP contribution in [0.5, 0.6) is 0 Å². The highest BCUT2D eigenvalue weighted by Gasteiger charge is 2.45. The molecule has 5 nitrogen and oxygen atoms in total. The third-order valence-electron chi connectivity index (χ3n) is 5.62. The van der Waals surface area contributed by atoms with Crippen molar-refractivity contribution in [3.8, 4) is 0 Å². The Kier molecular flexibility index (Phi) is 6.04. The van der Waals surface area contributed by atoms with Gasteiger partial charge < -0.3 is 15.0 Å². The Hall–Kier alpha value is -1.79. The molecule has 3 rings (SSSR count). The van der Waals surface area contributed by atoms with E-state index in [1.807, 2.05) is 0 Å². The molecule has 1 unspecified atom stereocenters. The molecule has 0 bridgehead atoms. The van der Waals surface area contributed by atoms with Gasteiger partial charge in [0.15, 0.2) is 5.78 Å². The van der Waals surface area contributed by atoms with Crippen molar-refractivity contribution in [1.82, 2.24) is 10.2 Å². The van der Waals surface area contributed by atoms with Crippen LogP contribution in [0.1, 0.15) is 49.4 Å². The highest BCUT2D eigenvalue weighted by molar-refractivity contribution is 5.95. The van der Waals surface area contributed by atoms with Crippen molar-refractivity contribution in [2.75, 3.05) is 26.2 Å². The Morgan fingerprint density at radius 1 is 1.31 bits per heavy atom. The van der Waals surface area contributed by atoms with Crippen LogP contribution in [0.2, 0.25) is 0 Å². The summed E-state index contributed by atoms with van der Waals surface area (Å²) in [6.45, 7) is 4.93. The fourth-order valence-corrected chi connectivity index (χ4v) is 4.04. The minimum atomic E-state index is -0.324. The van der Waals surface area contributed by atoms with E-state index in [-0.39, 0.29) is 35.8 Å². The molecule has 2 fully saturated rings. The van der Waals surface area contributed by atoms with Crippen molar-refractivity contribution < 1.29 is 18.7 Å². The summed E-state index contributed by atoms with van der Waals surface area (Å²) < 4.78 is 18.9. The Morgan fingerprint density at radius 3 is 2.65 bits per heavy atom. The zero-order chi connectivity index (χ0) is 18.6. The normalized spacial score (nSPS) is 23.0. The number of nitrogens with one attached hydrogen (secondary N) is 1. The van der Waals surface area contributed by atoms with E-state index in [2.05, 4.69) is 17.1 Å². The van der Waals surface area contributed by atoms with Crippen molar-refractivity contribution in [3.63, 3.8) is 0 Å². The number of halogens is 1. The molecule has 0 radical (unpaired) electrons. The maximum atomic E-state index is 12.9. The largest absolute Gasteiger partial charge is 0.363 e. The summed E-state index contributed by atoms with van der Waals surface area (Å²) in [7, 11) is 0. The number of carbonyl (C=O) groups is 2. The van der Waals surface area contributed by atoms with Crippen LogP contribution in [0.15, 0.2) is 24.3 Å². The van der Waals surface area contributed by atoms with Gasteiger partial charge in [0.05, 0.1) is 11.6 Å². The zero-order valence-electron chi connectivity index (χ0n) is 15.3. The fraction of sp³-hybridized carbons (Fsp3) is 0.600. The second kappa shape index (κ2) is 8.27. The maximum absolute atomic E-state index is 12.9. The molecule has 1 amide bonds. The quantitative estimate of drug-likeness (QED) is 0.790. The number of likely N-dealkylation sites (tertiary alicyclic amines) is 1. The third kappa shape index (κ3) is 4.30. The van der Waals surface area contributed by atoms with Gasteiger partial charge >= 0.3 is 0 Å². The van der Waals surface area contributed by atoms with Crippen LogP contribution < -0.4 is 5.32 Å². The molecule has 1 N–H and O–H groups in total. The van der Waals surface area contributed by atoms with Crippen molar-refractivity contribution in [1.29, 1.82) is 0 Å². The highest BCUT2D eigenvalue weighted by Crippen LogP contribution is 2.33. The first-order valence-corrected chi connectivity index (χ1v) is 9.47. The number of nitrogens with zero attached hydrogens (tertiary/aromatic N) is 1. The van der Waals surface area contributed by atoms with Crippen LogP contribution in [-0.4, -0.2) is 54.5 Å². The van der Waals surface area contributed by atoms with Crippen LogP contribution in [0.4, 0.5) is 4.39 Å². The summed E-state index contributed by atoms with van der Waals surface area (Å²) in [5.74, 6) is -0.289. The first-order chi connectivity index (χ1) is 12.5. The minimum Gasteiger partial charge on any atom is -0.363 e. The van der Waals surface area contributed by atoms with E-state index < -0.39 is 0 Å². The lowest BCUT2D eigenvalue weighted by atomic mass is 9.81. The van der Waals surface area contributed by atoms with Gasteiger partial charge in [0.1, 0.15) is 12.4 Å². The van der Waals surface area contributed by atoms with E-state index in [0.717, 1.165) is 45.3 Å². The standard InChI is InChI=1S/C20H27FN2O3/c1-2-18-20(26-14-19(25)22-18)9-12-23(13-10-20)11-3-4-17(24)15-5-7-16(21)8-6-15/h5-8,18H,2-4,9-14H2,1H3,(H,22,25). The van der Waals surface area contributed by atoms with E-state index >= 15 is 0 Å². The van der Waals surface area contributed by atoms with Gasteiger partial charge in [-0.1, -0.05) is 6.92 Å². The number of hydrogen-bond acceptors (Lipinski definition) is 4. The molecule has 2 aliphatic rings. The lowest BCUT2D eigenvalue weighted by Crippen LogP contribution is -2.63. The van der Waals surface area contributed by atoms with Crippen LogP contribution >= 0.6 is 0 Å². The molecule has 2 heterocycles. The second-order valence-electron chi connectivity index (χ2n) is 7.26. The first kappa shape index (κ1) is 19.0. The van der Waals surface area contributed by atoms with Crippen LogP contribution in [0, 0.1) is 5.82 Å². The van der Waals surface area contributed by atoms with Crippen molar-refractivity contribution in [3.05, 3.63) is 35.6 Å². The molecule has 2 saturated heterocycles. The van der Waals surface area contributed by atoms with Gasteiger partial charge in [0, 0.05) is 25.1 Å². The average Bonchev–Trinajstić information content (AvgIpc) is 2.66. The number of benzene rings is 1. The highest BCUT2D eigenvalue weighted by atomic mass is 19.1. The van der Waals surface area contributed by atoms with Crippen LogP contribution in [-0.2, 0) is 9.53 Å². The number of morpholine rings is 1. The first-order valence-electron chi connectivity index (χ1n) is 9.47. The van der Waals surface area contributed by atoms with Gasteiger partial charge in [0.2, 0.25) is 5.91 Å². The Labute approximate surface area is 153 Å². The predicted molar refractivity (Wildman–Crippen MR) is 96.5 cm³/mol. The van der Waals surface area contributed by atoms with Crippen LogP contribution in [0.3, 0.4) is 0 Å². The fourth-order valence-electron chi connectivity index (χ4n) is 4.04. The molecular formula is C20H27FN2O3. The Morgan fingerprint density at radius 2 is 2.00 bits per heavy atom. The van der Waals surface area contributed by atoms with Gasteiger partial charge in [0.25, 0.3) is 0 Å². The van der Waals surface area contributed by atoms with Crippen molar-refractivity contribution in [2.24, 2.45) is 0 Å². The zero-order valence-corrected chi connectivity index (χ0v) is 15.3. The topological polar surface area (TPSA) is 58.6 Å². The SMILES string of the molecule is CCC1NC(=O)COC12CCN(CCCC(=O)c1ccc(F)cc1)CC2. The van der Waals surface area contributed by atoms with E-state index in [4.69, 9.17) is 4.74 Å². The minimum absolute atomic E-state index is 0.0239. The van der Waals surface area contributed by atoms with E-state index in [0.29, 0.717) is 12.0 Å². The second-order valence-corrected chi connectivity index (χ2v) is 7.26. The number of amides is 1. The number of piperidine rings is 1. The van der Waals surface area contributed by atoms with E-state index in [9.17, 15) is 14.0 Å². The van der Waals surface area contributed by atoms with Gasteiger partial charge in [-0.05, 0) is 56.5 Å². The average molecular weight is 362 g/mol. The third-order valence-corrected chi connectivity index (χ3v) is 5.62. The van der Waals surface area contributed by atoms with Crippen LogP contribution in [0.25, 0.3) is 0 Å². The number of hydrogen-bond donors (Lipinski definition) is 1. The summed E-state index contributed by atoms with van der Waals surface area (Å²) in [6, 6.07) is 5.82. The Bertz CT molecular complexity index is 639. The molecule has 0 aliphatic carbocycles. The number of ether oxygens (including phenoxy) is 1. The molecule has 1 spiro atoms. The number of rotatable bonds is 6. The molecule has 6 heteroatoms. The molecule has 1 aromatic carbocycles. The Balaban J connectivity index is 1.43. The predicted octanol–water partition coefficient (Wildman–Crippen LogP) is 2.55. The number of carbonyl (C=O) groups excluding carboxylic acids is 2. The summed E-state index contributed by atoms with van der Waals surface area (Å²) in [6.07, 6.45) is 3.93. The number of ketones is 1. The molecule has 142 valence electrons. The summed E-state index contributed by atoms with van der Waals surface area (Å²) >= 11 is 0. The molecule has 26 heavy (non-hydrogen) atoms. The summed E-state index contributed by atoms with van der Waals surface area (Å²) in [5, 5.41) is 3.07. The van der Waals surface area contributed by atoms with E-state index in [1.54, 1.807) is 12.1 Å². The molecule has 2 aliphatic heterocycles. The molecule has 0 aromatic heterocycles. The van der Waals surface area contributed by atoms with Gasteiger partial charge in [-0.15, -0.1) is 0 Å². The lowest BCUT2D eigenvalue weighted by Gasteiger charge is -2.48. The lowest BCUT2D eigenvalue weighted by molar-refractivity contribution is -0.161. The molecule has 1 aromatic rings. The smallest absolute Gasteiger partial charge is 0.246 e. The monoisotopic (exact) mass is 362 g/mol. The maximum Gasteiger partial charge on any atom is 0.246 e. The van der Waals surface area contributed by atoms with Gasteiger partial charge in [-0.25, -0.2) is 4.39 Å². The molecule has 0 saturated carbocycles. The number of Topliss-reactive ketones (excluding diaryl/α,β-unsaturated/α-hetero) is 1. The molecular weight excluding hydrogens is 335 g/mol. The van der Waals surface area contributed by atoms with Gasteiger partial charge in [-0.2, -0.15) is 0 Å². The summed E-state index contributed by atoms with van der Waals surface area (Å²) in [4.78, 5) is 26.1. The van der Waals surface area contributed by atoms with E-state index in [1.165, 1.54) is 12.1 Å². The summed E-state index contributed by atoms with van der Waals surface area (Å²) in [5.41, 5.74) is 0.337. The van der Waals surface area contributed by atoms with Crippen molar-refractivity contribution >= 4 is 11.7 Å². The van der Waals surface area contributed by atoms with Crippen molar-refractivity contribution in [2.45, 2.75) is 50.7 Å². The van der Waals surface area contributed by atoms with Gasteiger partial charge in [-0.3, -0.25) is 9.59 Å².